The Kier molecular flexibility index (Phi) is 2.73. The van der Waals surface area contributed by atoms with Crippen molar-refractivity contribution < 1.29 is 18.6 Å². The average molecular weight is 174 g/mol. The van der Waals surface area contributed by atoms with Gasteiger partial charge in [0.15, 0.2) is 6.29 Å². The highest BCUT2D eigenvalue weighted by Gasteiger charge is 2.11. The van der Waals surface area contributed by atoms with Gasteiger partial charge in [0.1, 0.15) is 11.6 Å². The summed E-state index contributed by atoms with van der Waals surface area (Å²) < 4.78 is 29.7. The SMILES string of the molecule is COC(O)c1cc(F)ccc1F. The lowest BCUT2D eigenvalue weighted by Crippen LogP contribution is -2.02. The number of methoxy groups -OCH3 is 1. The van der Waals surface area contributed by atoms with E-state index in [0.29, 0.717) is 0 Å². The topological polar surface area (TPSA) is 29.5 Å². The van der Waals surface area contributed by atoms with Crippen molar-refractivity contribution in [1.29, 1.82) is 0 Å². The Hall–Kier alpha value is -1.00. The molecule has 0 aromatic heterocycles. The van der Waals surface area contributed by atoms with E-state index in [-0.39, 0.29) is 5.56 Å². The van der Waals surface area contributed by atoms with Crippen LogP contribution in [-0.2, 0) is 4.74 Å². The second kappa shape index (κ2) is 3.60. The normalized spacial score (nSPS) is 13.0. The van der Waals surface area contributed by atoms with Crippen LogP contribution in [0.15, 0.2) is 18.2 Å². The van der Waals surface area contributed by atoms with E-state index in [1.54, 1.807) is 0 Å². The Labute approximate surface area is 68.4 Å². The van der Waals surface area contributed by atoms with Crippen LogP contribution in [0.5, 0.6) is 0 Å². The van der Waals surface area contributed by atoms with Crippen LogP contribution < -0.4 is 0 Å². The van der Waals surface area contributed by atoms with E-state index in [0.717, 1.165) is 18.2 Å². The highest BCUT2D eigenvalue weighted by Crippen LogP contribution is 2.18. The van der Waals surface area contributed by atoms with Gasteiger partial charge in [-0.25, -0.2) is 8.78 Å². The molecule has 0 aliphatic rings. The lowest BCUT2D eigenvalue weighted by molar-refractivity contribution is -0.0792. The van der Waals surface area contributed by atoms with Gasteiger partial charge in [0.25, 0.3) is 0 Å². The Morgan fingerprint density at radius 2 is 2.08 bits per heavy atom. The van der Waals surface area contributed by atoms with Crippen LogP contribution >= 0.6 is 0 Å². The Morgan fingerprint density at radius 3 is 2.67 bits per heavy atom. The summed E-state index contributed by atoms with van der Waals surface area (Å²) in [6, 6.07) is 2.80. The third kappa shape index (κ3) is 1.78. The second-order valence-electron chi connectivity index (χ2n) is 2.25. The molecule has 0 aliphatic carbocycles. The van der Waals surface area contributed by atoms with Crippen molar-refractivity contribution in [2.45, 2.75) is 6.29 Å². The first-order valence-corrected chi connectivity index (χ1v) is 3.31. The molecule has 66 valence electrons. The van der Waals surface area contributed by atoms with Gasteiger partial charge in [0, 0.05) is 12.7 Å². The molecular formula is C8H8F2O2. The average Bonchev–Trinajstić information content (AvgIpc) is 2.08. The van der Waals surface area contributed by atoms with E-state index in [2.05, 4.69) is 4.74 Å². The van der Waals surface area contributed by atoms with E-state index in [1.807, 2.05) is 0 Å². The van der Waals surface area contributed by atoms with Crippen LogP contribution in [0.4, 0.5) is 8.78 Å². The molecule has 1 N–H and O–H groups in total. The molecule has 0 heterocycles. The number of benzene rings is 1. The summed E-state index contributed by atoms with van der Waals surface area (Å²) in [5.41, 5.74) is -0.197. The first-order chi connectivity index (χ1) is 5.65. The van der Waals surface area contributed by atoms with Crippen molar-refractivity contribution in [2.24, 2.45) is 0 Å². The number of hydrogen-bond donors (Lipinski definition) is 1. The maximum absolute atomic E-state index is 12.8. The minimum absolute atomic E-state index is 0.197. The van der Waals surface area contributed by atoms with Crippen LogP contribution in [0, 0.1) is 11.6 Å². The van der Waals surface area contributed by atoms with Gasteiger partial charge in [-0.3, -0.25) is 0 Å². The van der Waals surface area contributed by atoms with Crippen molar-refractivity contribution in [1.82, 2.24) is 0 Å². The molecule has 1 aromatic carbocycles. The van der Waals surface area contributed by atoms with Crippen molar-refractivity contribution >= 4 is 0 Å². The Balaban J connectivity index is 3.04. The van der Waals surface area contributed by atoms with Crippen LogP contribution in [-0.4, -0.2) is 12.2 Å². The first-order valence-electron chi connectivity index (χ1n) is 3.31. The molecule has 0 saturated carbocycles. The monoisotopic (exact) mass is 174 g/mol. The van der Waals surface area contributed by atoms with Crippen molar-refractivity contribution in [3.8, 4) is 0 Å². The fraction of sp³-hybridized carbons (Fsp3) is 0.250. The van der Waals surface area contributed by atoms with E-state index in [1.165, 1.54) is 7.11 Å². The van der Waals surface area contributed by atoms with E-state index < -0.39 is 17.9 Å². The predicted molar refractivity (Wildman–Crippen MR) is 38.3 cm³/mol. The first kappa shape index (κ1) is 9.09. The van der Waals surface area contributed by atoms with Crippen LogP contribution in [0.2, 0.25) is 0 Å². The third-order valence-corrected chi connectivity index (χ3v) is 1.45. The number of ether oxygens (including phenoxy) is 1. The third-order valence-electron chi connectivity index (χ3n) is 1.45. The summed E-state index contributed by atoms with van der Waals surface area (Å²) in [4.78, 5) is 0. The molecule has 1 aromatic rings. The quantitative estimate of drug-likeness (QED) is 0.690. The summed E-state index contributed by atoms with van der Waals surface area (Å²) >= 11 is 0. The molecule has 0 radical (unpaired) electrons. The fourth-order valence-electron chi connectivity index (χ4n) is 0.831. The molecule has 0 bridgehead atoms. The summed E-state index contributed by atoms with van der Waals surface area (Å²) in [6.07, 6.45) is -1.42. The molecule has 0 saturated heterocycles. The van der Waals surface area contributed by atoms with Crippen LogP contribution in [0.1, 0.15) is 11.9 Å². The molecule has 0 spiro atoms. The van der Waals surface area contributed by atoms with Gasteiger partial charge in [-0.15, -0.1) is 0 Å². The molecule has 2 nitrogen and oxygen atoms in total. The van der Waals surface area contributed by atoms with Crippen molar-refractivity contribution in [3.05, 3.63) is 35.4 Å². The van der Waals surface area contributed by atoms with E-state index >= 15 is 0 Å². The van der Waals surface area contributed by atoms with E-state index in [4.69, 9.17) is 5.11 Å². The Bertz CT molecular complexity index is 276. The summed E-state index contributed by atoms with van der Waals surface area (Å²) in [7, 11) is 1.20. The number of aliphatic hydroxyl groups is 1. The molecule has 0 fully saturated rings. The van der Waals surface area contributed by atoms with Crippen molar-refractivity contribution in [2.75, 3.05) is 7.11 Å². The largest absolute Gasteiger partial charge is 0.364 e. The highest BCUT2D eigenvalue weighted by atomic mass is 19.1. The van der Waals surface area contributed by atoms with Crippen molar-refractivity contribution in [3.63, 3.8) is 0 Å². The minimum Gasteiger partial charge on any atom is -0.364 e. The lowest BCUT2D eigenvalue weighted by atomic mass is 10.2. The van der Waals surface area contributed by atoms with E-state index in [9.17, 15) is 8.78 Å². The Morgan fingerprint density at radius 1 is 1.42 bits per heavy atom. The zero-order chi connectivity index (χ0) is 9.14. The zero-order valence-electron chi connectivity index (χ0n) is 6.42. The second-order valence-corrected chi connectivity index (χ2v) is 2.25. The highest BCUT2D eigenvalue weighted by molar-refractivity contribution is 5.19. The number of rotatable bonds is 2. The molecule has 4 heteroatoms. The molecule has 0 aliphatic heterocycles. The van der Waals surface area contributed by atoms with Gasteiger partial charge < -0.3 is 9.84 Å². The molecule has 12 heavy (non-hydrogen) atoms. The maximum Gasteiger partial charge on any atom is 0.183 e. The van der Waals surface area contributed by atoms with Gasteiger partial charge in [-0.05, 0) is 18.2 Å². The minimum atomic E-state index is -1.42. The van der Waals surface area contributed by atoms with Gasteiger partial charge >= 0.3 is 0 Å². The molecular weight excluding hydrogens is 166 g/mol. The summed E-state index contributed by atoms with van der Waals surface area (Å²) in [6.45, 7) is 0. The standard InChI is InChI=1S/C8H8F2O2/c1-12-8(11)6-4-5(9)2-3-7(6)10/h2-4,8,11H,1H3. The fourth-order valence-corrected chi connectivity index (χ4v) is 0.831. The predicted octanol–water partition coefficient (Wildman–Crippen LogP) is 1.60. The van der Waals surface area contributed by atoms with Gasteiger partial charge in [-0.1, -0.05) is 0 Å². The summed E-state index contributed by atoms with van der Waals surface area (Å²) in [5.74, 6) is -1.30. The van der Waals surface area contributed by atoms with Gasteiger partial charge in [0.2, 0.25) is 0 Å². The van der Waals surface area contributed by atoms with Crippen LogP contribution in [0.25, 0.3) is 0 Å². The molecule has 1 unspecified atom stereocenters. The van der Waals surface area contributed by atoms with Crippen LogP contribution in [0.3, 0.4) is 0 Å². The van der Waals surface area contributed by atoms with Gasteiger partial charge in [-0.2, -0.15) is 0 Å². The molecule has 1 atom stereocenters. The number of aliphatic hydroxyl groups excluding tert-OH is 1. The summed E-state index contributed by atoms with van der Waals surface area (Å²) in [5, 5.41) is 9.01. The number of hydrogen-bond acceptors (Lipinski definition) is 2. The van der Waals surface area contributed by atoms with Gasteiger partial charge in [0.05, 0.1) is 0 Å². The molecule has 0 amide bonds. The molecule has 1 rings (SSSR count). The lowest BCUT2D eigenvalue weighted by Gasteiger charge is -2.08. The zero-order valence-corrected chi connectivity index (χ0v) is 6.42. The smallest absolute Gasteiger partial charge is 0.183 e. The number of halogens is 2. The maximum atomic E-state index is 12.8.